The van der Waals surface area contributed by atoms with Gasteiger partial charge in [0.25, 0.3) is 11.8 Å². The van der Waals surface area contributed by atoms with Crippen molar-refractivity contribution >= 4 is 27.3 Å². The summed E-state index contributed by atoms with van der Waals surface area (Å²) >= 11 is 0. The Morgan fingerprint density at radius 1 is 0.974 bits per heavy atom. The van der Waals surface area contributed by atoms with Crippen molar-refractivity contribution in [2.45, 2.75) is 35.5 Å². The lowest BCUT2D eigenvalue weighted by Gasteiger charge is -2.32. The number of piperidine rings is 1. The summed E-state index contributed by atoms with van der Waals surface area (Å²) in [6.07, 6.45) is 4.38. The minimum Gasteiger partial charge on any atom is -0.342 e. The van der Waals surface area contributed by atoms with Crippen LogP contribution >= 0.6 is 0 Å². The predicted molar refractivity (Wildman–Crippen MR) is 147 cm³/mol. The molecule has 1 N–H and O–H groups in total. The summed E-state index contributed by atoms with van der Waals surface area (Å²) in [7, 11) is -2.14. The number of likely N-dealkylation sites (tertiary alicyclic amines) is 1. The van der Waals surface area contributed by atoms with Gasteiger partial charge in [-0.1, -0.05) is 42.5 Å². The Morgan fingerprint density at radius 3 is 2.45 bits per heavy atom. The van der Waals surface area contributed by atoms with Crippen molar-refractivity contribution in [2.75, 3.05) is 38.5 Å². The van der Waals surface area contributed by atoms with Gasteiger partial charge in [-0.25, -0.2) is 8.42 Å². The summed E-state index contributed by atoms with van der Waals surface area (Å²) in [6, 6.07) is 21.2. The number of nitrogens with zero attached hydrogens (tertiary/aromatic N) is 2. The largest absolute Gasteiger partial charge is 0.342 e. The molecule has 2 aliphatic heterocycles. The van der Waals surface area contributed by atoms with Gasteiger partial charge in [0.1, 0.15) is 0 Å². The van der Waals surface area contributed by atoms with Crippen molar-refractivity contribution in [1.29, 1.82) is 0 Å². The van der Waals surface area contributed by atoms with E-state index >= 15 is 0 Å². The molecule has 1 saturated heterocycles. The summed E-state index contributed by atoms with van der Waals surface area (Å²) in [5.74, 6) is 0.0133. The molecule has 3 aromatic rings. The highest BCUT2D eigenvalue weighted by molar-refractivity contribution is 7.91. The topological polar surface area (TPSA) is 86.8 Å². The minimum absolute atomic E-state index is 0.00864. The number of hydrogen-bond acceptors (Lipinski definition) is 5. The SMILES string of the molecule is CN(CCCN1CCC(Cc2ccccc2)CC1)C(=O)c1ccc2c(c1)NC(=O)c1ccccc1S2(=O)=O. The van der Waals surface area contributed by atoms with Crippen molar-refractivity contribution in [3.8, 4) is 0 Å². The van der Waals surface area contributed by atoms with Crippen LogP contribution in [0.5, 0.6) is 0 Å². The molecule has 8 heteroatoms. The lowest BCUT2D eigenvalue weighted by Crippen LogP contribution is -2.37. The molecular formula is C30H33N3O4S. The van der Waals surface area contributed by atoms with E-state index in [0.717, 1.165) is 38.4 Å². The van der Waals surface area contributed by atoms with Crippen LogP contribution in [0.25, 0.3) is 0 Å². The van der Waals surface area contributed by atoms with Crippen LogP contribution in [0.15, 0.2) is 82.6 Å². The number of hydrogen-bond donors (Lipinski definition) is 1. The molecule has 38 heavy (non-hydrogen) atoms. The van der Waals surface area contributed by atoms with Crippen molar-refractivity contribution in [3.05, 3.63) is 89.5 Å². The maximum atomic E-state index is 13.2. The van der Waals surface area contributed by atoms with Gasteiger partial charge in [-0.2, -0.15) is 0 Å². The fraction of sp³-hybridized carbons (Fsp3) is 0.333. The summed E-state index contributed by atoms with van der Waals surface area (Å²) in [5, 5.41) is 2.68. The van der Waals surface area contributed by atoms with E-state index in [1.54, 1.807) is 24.1 Å². The summed E-state index contributed by atoms with van der Waals surface area (Å²) in [6.45, 7) is 3.69. The molecule has 7 nitrogen and oxygen atoms in total. The van der Waals surface area contributed by atoms with Crippen LogP contribution in [0.2, 0.25) is 0 Å². The average Bonchev–Trinajstić information content (AvgIpc) is 3.01. The first kappa shape index (κ1) is 26.1. The van der Waals surface area contributed by atoms with E-state index in [1.807, 2.05) is 0 Å². The van der Waals surface area contributed by atoms with Crippen LogP contribution in [0.3, 0.4) is 0 Å². The molecule has 2 amide bonds. The van der Waals surface area contributed by atoms with E-state index in [-0.39, 0.29) is 26.9 Å². The molecule has 198 valence electrons. The van der Waals surface area contributed by atoms with Crippen molar-refractivity contribution in [3.63, 3.8) is 0 Å². The fourth-order valence-electron chi connectivity index (χ4n) is 5.41. The van der Waals surface area contributed by atoms with Crippen LogP contribution < -0.4 is 5.32 Å². The minimum atomic E-state index is -3.90. The molecule has 0 saturated carbocycles. The number of carbonyl (C=O) groups is 2. The van der Waals surface area contributed by atoms with Crippen molar-refractivity contribution in [2.24, 2.45) is 5.92 Å². The van der Waals surface area contributed by atoms with Gasteiger partial charge in [0, 0.05) is 19.2 Å². The lowest BCUT2D eigenvalue weighted by molar-refractivity contribution is 0.0784. The van der Waals surface area contributed by atoms with Crippen LogP contribution in [-0.2, 0) is 16.3 Å². The monoisotopic (exact) mass is 531 g/mol. The highest BCUT2D eigenvalue weighted by atomic mass is 32.2. The van der Waals surface area contributed by atoms with Gasteiger partial charge >= 0.3 is 0 Å². The number of carbonyl (C=O) groups excluding carboxylic acids is 2. The molecule has 2 aliphatic rings. The highest BCUT2D eigenvalue weighted by Crippen LogP contribution is 2.34. The Hall–Kier alpha value is -3.49. The third-order valence-corrected chi connectivity index (χ3v) is 9.44. The van der Waals surface area contributed by atoms with Gasteiger partial charge in [-0.15, -0.1) is 0 Å². The standard InChI is InChI=1S/C30H33N3O4S/c1-32(16-7-17-33-18-14-23(15-19-33)20-22-8-3-2-4-9-22)30(35)24-12-13-28-26(21-24)31-29(34)25-10-5-6-11-27(25)38(28,36)37/h2-6,8-13,21,23H,7,14-20H2,1H3,(H,31,34). The molecule has 2 heterocycles. The second-order valence-corrected chi connectivity index (χ2v) is 12.1. The Morgan fingerprint density at radius 2 is 1.68 bits per heavy atom. The van der Waals surface area contributed by atoms with Crippen LogP contribution in [0.4, 0.5) is 5.69 Å². The summed E-state index contributed by atoms with van der Waals surface area (Å²) in [5.41, 5.74) is 1.97. The third-order valence-electron chi connectivity index (χ3n) is 7.57. The Labute approximate surface area is 224 Å². The smallest absolute Gasteiger partial charge is 0.257 e. The summed E-state index contributed by atoms with van der Waals surface area (Å²) in [4.78, 5) is 29.9. The Bertz CT molecular complexity index is 1430. The van der Waals surface area contributed by atoms with Crippen LogP contribution in [0.1, 0.15) is 45.5 Å². The molecule has 0 unspecified atom stereocenters. The molecule has 5 rings (SSSR count). The second-order valence-electron chi connectivity index (χ2n) is 10.2. The van der Waals surface area contributed by atoms with Gasteiger partial charge in [0.05, 0.1) is 21.0 Å². The number of anilines is 1. The molecule has 1 fully saturated rings. The van der Waals surface area contributed by atoms with E-state index in [2.05, 4.69) is 40.5 Å². The molecule has 0 bridgehead atoms. The lowest BCUT2D eigenvalue weighted by atomic mass is 9.90. The number of amides is 2. The van der Waals surface area contributed by atoms with Gasteiger partial charge in [-0.3, -0.25) is 9.59 Å². The number of nitrogens with one attached hydrogen (secondary N) is 1. The maximum absolute atomic E-state index is 13.2. The summed E-state index contributed by atoms with van der Waals surface area (Å²) < 4.78 is 26.4. The van der Waals surface area contributed by atoms with Crippen LogP contribution in [0, 0.1) is 5.92 Å². The fourth-order valence-corrected chi connectivity index (χ4v) is 7.00. The first-order valence-electron chi connectivity index (χ1n) is 13.1. The second kappa shape index (κ2) is 11.1. The van der Waals surface area contributed by atoms with Crippen molar-refractivity contribution < 1.29 is 18.0 Å². The van der Waals surface area contributed by atoms with E-state index in [1.165, 1.54) is 48.7 Å². The number of fused-ring (bicyclic) bond motifs is 2. The number of benzene rings is 3. The van der Waals surface area contributed by atoms with Gasteiger partial charge in [0.2, 0.25) is 9.84 Å². The van der Waals surface area contributed by atoms with Crippen molar-refractivity contribution in [1.82, 2.24) is 9.80 Å². The van der Waals surface area contributed by atoms with E-state index in [0.29, 0.717) is 12.1 Å². The molecule has 0 radical (unpaired) electrons. The molecular weight excluding hydrogens is 498 g/mol. The maximum Gasteiger partial charge on any atom is 0.257 e. The third kappa shape index (κ3) is 5.51. The highest BCUT2D eigenvalue weighted by Gasteiger charge is 2.31. The molecule has 0 aromatic heterocycles. The quantitative estimate of drug-likeness (QED) is 0.485. The zero-order valence-corrected chi connectivity index (χ0v) is 22.4. The zero-order valence-electron chi connectivity index (χ0n) is 21.6. The number of rotatable bonds is 7. The van der Waals surface area contributed by atoms with Gasteiger partial charge in [-0.05, 0) is 87.1 Å². The normalized spacial score (nSPS) is 17.1. The molecule has 0 atom stereocenters. The van der Waals surface area contributed by atoms with Crippen LogP contribution in [-0.4, -0.2) is 63.3 Å². The first-order valence-corrected chi connectivity index (χ1v) is 14.6. The van der Waals surface area contributed by atoms with Gasteiger partial charge in [0.15, 0.2) is 0 Å². The van der Waals surface area contributed by atoms with E-state index in [4.69, 9.17) is 0 Å². The Balaban J connectivity index is 1.16. The average molecular weight is 532 g/mol. The zero-order chi connectivity index (χ0) is 26.7. The van der Waals surface area contributed by atoms with Gasteiger partial charge < -0.3 is 15.1 Å². The van der Waals surface area contributed by atoms with E-state index < -0.39 is 15.7 Å². The first-order chi connectivity index (χ1) is 18.3. The van der Waals surface area contributed by atoms with E-state index in [9.17, 15) is 18.0 Å². The molecule has 0 aliphatic carbocycles. The molecule has 3 aromatic carbocycles. The molecule has 0 spiro atoms. The Kier molecular flexibility index (Phi) is 7.63. The number of sulfone groups is 1. The predicted octanol–water partition coefficient (Wildman–Crippen LogP) is 4.50.